The van der Waals surface area contributed by atoms with Crippen LogP contribution in [0.1, 0.15) is 25.0 Å². The SMILES string of the molecule is CC(C)(C#Cc1ccc(C(F)(F)F)cc1)OC(=O)COc1ccc([S+](c2ccc(F)cc2)c2ccc(F)cc2)cc1. The fourth-order valence-corrected chi connectivity index (χ4v) is 5.71. The summed E-state index contributed by atoms with van der Waals surface area (Å²) < 4.78 is 76.2. The van der Waals surface area contributed by atoms with Gasteiger partial charge in [-0.05, 0) is 111 Å². The summed E-state index contributed by atoms with van der Waals surface area (Å²) in [7, 11) is -0.641. The highest BCUT2D eigenvalue weighted by Gasteiger charge is 2.30. The van der Waals surface area contributed by atoms with Crippen molar-refractivity contribution in [3.05, 3.63) is 120 Å². The summed E-state index contributed by atoms with van der Waals surface area (Å²) in [6.07, 6.45) is -4.44. The van der Waals surface area contributed by atoms with E-state index in [9.17, 15) is 26.7 Å². The van der Waals surface area contributed by atoms with Crippen molar-refractivity contribution in [1.82, 2.24) is 0 Å². The fraction of sp³-hybridized carbons (Fsp3) is 0.156. The van der Waals surface area contributed by atoms with E-state index in [-0.39, 0.29) is 11.6 Å². The van der Waals surface area contributed by atoms with Crippen LogP contribution in [0.15, 0.2) is 112 Å². The van der Waals surface area contributed by atoms with Crippen molar-refractivity contribution in [1.29, 1.82) is 0 Å². The van der Waals surface area contributed by atoms with Crippen molar-refractivity contribution in [2.24, 2.45) is 0 Å². The molecule has 0 amide bonds. The second-order valence-corrected chi connectivity index (χ2v) is 11.3. The second-order valence-electron chi connectivity index (χ2n) is 9.28. The molecule has 0 aliphatic heterocycles. The van der Waals surface area contributed by atoms with Gasteiger partial charge >= 0.3 is 12.1 Å². The first kappa shape index (κ1) is 29.7. The van der Waals surface area contributed by atoms with Crippen molar-refractivity contribution < 1.29 is 36.2 Å². The highest BCUT2D eigenvalue weighted by Crippen LogP contribution is 2.32. The summed E-state index contributed by atoms with van der Waals surface area (Å²) in [5.74, 6) is 4.46. The summed E-state index contributed by atoms with van der Waals surface area (Å²) in [4.78, 5) is 15.0. The van der Waals surface area contributed by atoms with Gasteiger partial charge in [-0.15, -0.1) is 0 Å². The molecular formula is C32H24F5O3S+. The van der Waals surface area contributed by atoms with Crippen LogP contribution in [0.4, 0.5) is 22.0 Å². The average Bonchev–Trinajstić information content (AvgIpc) is 2.93. The Hall–Kier alpha value is -4.29. The number of hydrogen-bond acceptors (Lipinski definition) is 3. The molecule has 0 unspecified atom stereocenters. The molecule has 41 heavy (non-hydrogen) atoms. The van der Waals surface area contributed by atoms with Gasteiger partial charge in [0.2, 0.25) is 0 Å². The molecule has 0 saturated heterocycles. The summed E-state index contributed by atoms with van der Waals surface area (Å²) >= 11 is 0. The van der Waals surface area contributed by atoms with Gasteiger partial charge < -0.3 is 9.47 Å². The largest absolute Gasteiger partial charge is 0.482 e. The number of carbonyl (C=O) groups excluding carboxylic acids is 1. The van der Waals surface area contributed by atoms with Gasteiger partial charge in [-0.3, -0.25) is 0 Å². The molecular weight excluding hydrogens is 559 g/mol. The summed E-state index contributed by atoms with van der Waals surface area (Å²) in [6.45, 7) is 2.72. The third-order valence-electron chi connectivity index (χ3n) is 5.60. The zero-order valence-electron chi connectivity index (χ0n) is 22.0. The first-order valence-corrected chi connectivity index (χ1v) is 13.5. The minimum Gasteiger partial charge on any atom is -0.482 e. The summed E-state index contributed by atoms with van der Waals surface area (Å²) in [5, 5.41) is 0. The Morgan fingerprint density at radius 3 is 1.66 bits per heavy atom. The zero-order chi connectivity index (χ0) is 29.6. The van der Waals surface area contributed by atoms with Crippen LogP contribution in [-0.2, 0) is 26.6 Å². The van der Waals surface area contributed by atoms with Gasteiger partial charge in [0.15, 0.2) is 26.9 Å². The van der Waals surface area contributed by atoms with Crippen LogP contribution in [0.5, 0.6) is 5.75 Å². The van der Waals surface area contributed by atoms with Crippen molar-refractivity contribution in [2.75, 3.05) is 6.61 Å². The van der Waals surface area contributed by atoms with Crippen molar-refractivity contribution in [2.45, 2.75) is 40.3 Å². The molecule has 0 atom stereocenters. The molecule has 4 aromatic carbocycles. The van der Waals surface area contributed by atoms with Gasteiger partial charge in [-0.2, -0.15) is 13.2 Å². The highest BCUT2D eigenvalue weighted by atomic mass is 32.2. The van der Waals surface area contributed by atoms with E-state index >= 15 is 0 Å². The number of esters is 1. The monoisotopic (exact) mass is 583 g/mol. The van der Waals surface area contributed by atoms with E-state index in [0.717, 1.165) is 26.8 Å². The Morgan fingerprint density at radius 1 is 0.732 bits per heavy atom. The molecule has 0 bridgehead atoms. The number of rotatable bonds is 7. The van der Waals surface area contributed by atoms with Gasteiger partial charge in [-0.25, -0.2) is 13.6 Å². The fourth-order valence-electron chi connectivity index (χ4n) is 3.67. The molecule has 0 fully saturated rings. The quantitative estimate of drug-likeness (QED) is 0.0963. The third-order valence-corrected chi connectivity index (χ3v) is 7.83. The predicted octanol–water partition coefficient (Wildman–Crippen LogP) is 7.83. The van der Waals surface area contributed by atoms with Crippen molar-refractivity contribution in [3.8, 4) is 17.6 Å². The highest BCUT2D eigenvalue weighted by molar-refractivity contribution is 7.97. The van der Waals surface area contributed by atoms with Gasteiger partial charge in [0, 0.05) is 5.56 Å². The number of benzene rings is 4. The number of alkyl halides is 3. The Balaban J connectivity index is 1.39. The summed E-state index contributed by atoms with van der Waals surface area (Å²) in [6, 6.07) is 23.6. The van der Waals surface area contributed by atoms with Gasteiger partial charge in [-0.1, -0.05) is 11.8 Å². The van der Waals surface area contributed by atoms with E-state index in [1.54, 1.807) is 50.2 Å². The van der Waals surface area contributed by atoms with Crippen LogP contribution in [-0.4, -0.2) is 18.2 Å². The molecule has 4 aromatic rings. The van der Waals surface area contributed by atoms with E-state index in [2.05, 4.69) is 11.8 Å². The van der Waals surface area contributed by atoms with Crippen LogP contribution >= 0.6 is 0 Å². The number of halogens is 5. The third kappa shape index (κ3) is 8.35. The van der Waals surface area contributed by atoms with Crippen LogP contribution in [0.3, 0.4) is 0 Å². The molecule has 0 saturated carbocycles. The minimum absolute atomic E-state index is 0.346. The van der Waals surface area contributed by atoms with E-state index < -0.39 is 40.8 Å². The Bertz CT molecular complexity index is 1490. The predicted molar refractivity (Wildman–Crippen MR) is 145 cm³/mol. The lowest BCUT2D eigenvalue weighted by molar-refractivity contribution is -0.154. The second kappa shape index (κ2) is 12.5. The lowest BCUT2D eigenvalue weighted by Crippen LogP contribution is -2.29. The number of hydrogen-bond donors (Lipinski definition) is 0. The first-order chi connectivity index (χ1) is 19.4. The molecule has 4 rings (SSSR count). The maximum Gasteiger partial charge on any atom is 0.416 e. The topological polar surface area (TPSA) is 35.5 Å². The maximum absolute atomic E-state index is 13.5. The summed E-state index contributed by atoms with van der Waals surface area (Å²) in [5.41, 5.74) is -1.65. The molecule has 3 nitrogen and oxygen atoms in total. The zero-order valence-corrected chi connectivity index (χ0v) is 22.8. The van der Waals surface area contributed by atoms with Crippen molar-refractivity contribution in [3.63, 3.8) is 0 Å². The van der Waals surface area contributed by atoms with E-state index in [1.807, 2.05) is 12.1 Å². The molecule has 0 radical (unpaired) electrons. The number of carbonyl (C=O) groups is 1. The molecule has 0 aromatic heterocycles. The molecule has 210 valence electrons. The van der Waals surface area contributed by atoms with Gasteiger partial charge in [0.1, 0.15) is 17.4 Å². The standard InChI is InChI=1S/C32H24F5O3S/c1-31(2,20-19-22-3-5-23(6-4-22)32(35,36)37)40-30(38)21-39-26-11-17-29(18-12-26)41(27-13-7-24(33)8-14-27)28-15-9-25(34)10-16-28/h3-18H,21H2,1-2H3/q+1. The first-order valence-electron chi connectivity index (χ1n) is 12.3. The van der Waals surface area contributed by atoms with Crippen LogP contribution in [0.2, 0.25) is 0 Å². The minimum atomic E-state index is -4.44. The van der Waals surface area contributed by atoms with Crippen LogP contribution in [0, 0.1) is 23.5 Å². The molecule has 0 spiro atoms. The molecule has 9 heteroatoms. The normalized spacial score (nSPS) is 11.5. The Labute approximate surface area is 237 Å². The maximum atomic E-state index is 13.5. The lowest BCUT2D eigenvalue weighted by Gasteiger charge is -2.19. The van der Waals surface area contributed by atoms with Gasteiger partial charge in [0.05, 0.1) is 16.5 Å². The van der Waals surface area contributed by atoms with E-state index in [0.29, 0.717) is 11.3 Å². The number of ether oxygens (including phenoxy) is 2. The van der Waals surface area contributed by atoms with Crippen LogP contribution in [0.25, 0.3) is 0 Å². The van der Waals surface area contributed by atoms with E-state index in [4.69, 9.17) is 9.47 Å². The van der Waals surface area contributed by atoms with Gasteiger partial charge in [0.25, 0.3) is 0 Å². The Morgan fingerprint density at radius 2 is 1.20 bits per heavy atom. The molecule has 0 N–H and O–H groups in total. The average molecular weight is 584 g/mol. The van der Waals surface area contributed by atoms with Crippen molar-refractivity contribution >= 4 is 16.9 Å². The lowest BCUT2D eigenvalue weighted by atomic mass is 10.1. The molecule has 0 aliphatic carbocycles. The van der Waals surface area contributed by atoms with Crippen LogP contribution < -0.4 is 4.74 Å². The molecule has 0 heterocycles. The smallest absolute Gasteiger partial charge is 0.416 e. The van der Waals surface area contributed by atoms with E-state index in [1.165, 1.54) is 36.4 Å². The molecule has 0 aliphatic rings. The Kier molecular flexibility index (Phi) is 9.04.